The standard InChI is InChI=1S/C11H12N2O3/c1-7(14)10-11(16-8(2)15)12-9-5-3-4-6-13(9)10/h3-6,9,12H,1-2H3/t9-/m1/s1. The molecular weight excluding hydrogens is 208 g/mol. The summed E-state index contributed by atoms with van der Waals surface area (Å²) in [7, 11) is 0. The molecule has 0 fully saturated rings. The monoisotopic (exact) mass is 220 g/mol. The van der Waals surface area contributed by atoms with Crippen molar-refractivity contribution < 1.29 is 14.3 Å². The molecule has 2 rings (SSSR count). The molecule has 0 aromatic carbocycles. The molecule has 2 heterocycles. The normalized spacial score (nSPS) is 21.9. The quantitative estimate of drug-likeness (QED) is 0.691. The number of ether oxygens (including phenoxy) is 1. The van der Waals surface area contributed by atoms with Crippen molar-refractivity contribution in [1.29, 1.82) is 0 Å². The van der Waals surface area contributed by atoms with Gasteiger partial charge in [0.05, 0.1) is 0 Å². The predicted molar refractivity (Wildman–Crippen MR) is 56.5 cm³/mol. The fourth-order valence-corrected chi connectivity index (χ4v) is 1.71. The molecule has 1 atom stereocenters. The lowest BCUT2D eigenvalue weighted by molar-refractivity contribution is -0.137. The SMILES string of the molecule is CC(=O)OC1=C(C(C)=O)N2C=CC=C[C@@H]2N1. The number of Topliss-reactive ketones (excluding diaryl/α,β-unsaturated/α-hetero) is 1. The van der Waals surface area contributed by atoms with Crippen molar-refractivity contribution in [3.63, 3.8) is 0 Å². The Morgan fingerprint density at radius 1 is 1.38 bits per heavy atom. The van der Waals surface area contributed by atoms with Gasteiger partial charge in [-0.05, 0) is 12.2 Å². The first-order chi connectivity index (χ1) is 7.59. The summed E-state index contributed by atoms with van der Waals surface area (Å²) in [4.78, 5) is 24.2. The van der Waals surface area contributed by atoms with Crippen LogP contribution in [-0.2, 0) is 14.3 Å². The summed E-state index contributed by atoms with van der Waals surface area (Å²) >= 11 is 0. The molecular formula is C11H12N2O3. The molecule has 5 nitrogen and oxygen atoms in total. The minimum absolute atomic E-state index is 0.147. The zero-order valence-electron chi connectivity index (χ0n) is 9.06. The number of rotatable bonds is 2. The third-order valence-corrected chi connectivity index (χ3v) is 2.28. The van der Waals surface area contributed by atoms with Crippen LogP contribution in [0.4, 0.5) is 0 Å². The van der Waals surface area contributed by atoms with Gasteiger partial charge >= 0.3 is 5.97 Å². The molecule has 16 heavy (non-hydrogen) atoms. The minimum Gasteiger partial charge on any atom is -0.408 e. The Balaban J connectivity index is 2.34. The lowest BCUT2D eigenvalue weighted by Crippen LogP contribution is -2.34. The second kappa shape index (κ2) is 3.84. The molecule has 0 saturated carbocycles. The van der Waals surface area contributed by atoms with Crippen molar-refractivity contribution in [1.82, 2.24) is 10.2 Å². The number of nitrogens with one attached hydrogen (secondary N) is 1. The molecule has 2 aliphatic heterocycles. The van der Waals surface area contributed by atoms with E-state index in [0.29, 0.717) is 5.70 Å². The van der Waals surface area contributed by atoms with E-state index < -0.39 is 5.97 Å². The maximum atomic E-state index is 11.5. The summed E-state index contributed by atoms with van der Waals surface area (Å²) in [5.74, 6) is -0.374. The van der Waals surface area contributed by atoms with Gasteiger partial charge in [-0.15, -0.1) is 0 Å². The van der Waals surface area contributed by atoms with Gasteiger partial charge in [0.25, 0.3) is 0 Å². The Morgan fingerprint density at radius 3 is 2.75 bits per heavy atom. The maximum absolute atomic E-state index is 11.5. The lowest BCUT2D eigenvalue weighted by atomic mass is 10.2. The Morgan fingerprint density at radius 2 is 2.12 bits per heavy atom. The number of hydrogen-bond acceptors (Lipinski definition) is 5. The van der Waals surface area contributed by atoms with Gasteiger partial charge in [-0.1, -0.05) is 6.08 Å². The summed E-state index contributed by atoms with van der Waals surface area (Å²) in [6.07, 6.45) is 7.17. The van der Waals surface area contributed by atoms with Gasteiger partial charge in [0.15, 0.2) is 5.78 Å². The first kappa shape index (κ1) is 10.5. The fraction of sp³-hybridized carbons (Fsp3) is 0.273. The van der Waals surface area contributed by atoms with E-state index in [0.717, 1.165) is 0 Å². The molecule has 5 heteroatoms. The number of fused-ring (bicyclic) bond motifs is 1. The van der Waals surface area contributed by atoms with E-state index in [1.807, 2.05) is 18.2 Å². The van der Waals surface area contributed by atoms with Crippen LogP contribution in [0.3, 0.4) is 0 Å². The molecule has 0 aliphatic carbocycles. The van der Waals surface area contributed by atoms with Crippen LogP contribution in [0.25, 0.3) is 0 Å². The van der Waals surface area contributed by atoms with Crippen LogP contribution < -0.4 is 5.32 Å². The van der Waals surface area contributed by atoms with E-state index in [1.165, 1.54) is 13.8 Å². The number of allylic oxidation sites excluding steroid dienone is 3. The number of ketones is 1. The number of hydrogen-bond donors (Lipinski definition) is 1. The van der Waals surface area contributed by atoms with Crippen LogP contribution in [0.2, 0.25) is 0 Å². The molecule has 0 aromatic rings. The van der Waals surface area contributed by atoms with E-state index in [-0.39, 0.29) is 17.8 Å². The van der Waals surface area contributed by atoms with Gasteiger partial charge in [0, 0.05) is 20.0 Å². The van der Waals surface area contributed by atoms with Gasteiger partial charge in [0.2, 0.25) is 5.88 Å². The molecule has 1 N–H and O–H groups in total. The predicted octanol–water partition coefficient (Wildman–Crippen LogP) is 0.622. The molecule has 0 saturated heterocycles. The van der Waals surface area contributed by atoms with Crippen molar-refractivity contribution in [3.05, 3.63) is 36.0 Å². The lowest BCUT2D eigenvalue weighted by Gasteiger charge is -2.23. The van der Waals surface area contributed by atoms with Crippen molar-refractivity contribution in [2.24, 2.45) is 0 Å². The molecule has 84 valence electrons. The summed E-state index contributed by atoms with van der Waals surface area (Å²) in [5, 5.41) is 2.96. The average molecular weight is 220 g/mol. The Bertz CT molecular complexity index is 435. The van der Waals surface area contributed by atoms with Gasteiger partial charge in [-0.3, -0.25) is 9.59 Å². The van der Waals surface area contributed by atoms with Gasteiger partial charge in [0.1, 0.15) is 11.9 Å². The fourth-order valence-electron chi connectivity index (χ4n) is 1.71. The van der Waals surface area contributed by atoms with Crippen LogP contribution in [0, 0.1) is 0 Å². The van der Waals surface area contributed by atoms with E-state index in [9.17, 15) is 9.59 Å². The molecule has 0 spiro atoms. The van der Waals surface area contributed by atoms with Gasteiger partial charge in [-0.2, -0.15) is 0 Å². The molecule has 0 aromatic heterocycles. The zero-order chi connectivity index (χ0) is 11.7. The number of esters is 1. The molecule has 0 unspecified atom stereocenters. The van der Waals surface area contributed by atoms with Gasteiger partial charge in [-0.25, -0.2) is 0 Å². The highest BCUT2D eigenvalue weighted by Gasteiger charge is 2.33. The number of nitrogens with zero attached hydrogens (tertiary/aromatic N) is 1. The Hall–Kier alpha value is -2.04. The highest BCUT2D eigenvalue weighted by Crippen LogP contribution is 2.25. The summed E-state index contributed by atoms with van der Waals surface area (Å²) in [5.41, 5.74) is 0.376. The Labute approximate surface area is 93.1 Å². The summed E-state index contributed by atoms with van der Waals surface area (Å²) < 4.78 is 4.98. The highest BCUT2D eigenvalue weighted by atomic mass is 16.5. The van der Waals surface area contributed by atoms with Crippen molar-refractivity contribution >= 4 is 11.8 Å². The number of carbonyl (C=O) groups excluding carboxylic acids is 2. The van der Waals surface area contributed by atoms with Gasteiger partial charge < -0.3 is 15.0 Å². The highest BCUT2D eigenvalue weighted by molar-refractivity contribution is 5.94. The van der Waals surface area contributed by atoms with Crippen molar-refractivity contribution in [2.45, 2.75) is 20.0 Å². The third-order valence-electron chi connectivity index (χ3n) is 2.28. The van der Waals surface area contributed by atoms with Crippen LogP contribution >= 0.6 is 0 Å². The van der Waals surface area contributed by atoms with E-state index >= 15 is 0 Å². The second-order valence-electron chi connectivity index (χ2n) is 3.55. The average Bonchev–Trinajstić information content (AvgIpc) is 2.53. The van der Waals surface area contributed by atoms with Crippen molar-refractivity contribution in [2.75, 3.05) is 0 Å². The van der Waals surface area contributed by atoms with Crippen LogP contribution in [0.5, 0.6) is 0 Å². The first-order valence-electron chi connectivity index (χ1n) is 4.93. The smallest absolute Gasteiger partial charge is 0.309 e. The second-order valence-corrected chi connectivity index (χ2v) is 3.55. The minimum atomic E-state index is -0.450. The zero-order valence-corrected chi connectivity index (χ0v) is 9.06. The Kier molecular flexibility index (Phi) is 2.52. The van der Waals surface area contributed by atoms with Crippen molar-refractivity contribution in [3.8, 4) is 0 Å². The summed E-state index contributed by atoms with van der Waals surface area (Å²) in [6.45, 7) is 2.74. The molecule has 0 amide bonds. The number of carbonyl (C=O) groups is 2. The van der Waals surface area contributed by atoms with E-state index in [2.05, 4.69) is 5.32 Å². The molecule has 0 bridgehead atoms. The topological polar surface area (TPSA) is 58.6 Å². The molecule has 0 radical (unpaired) electrons. The molecule has 2 aliphatic rings. The van der Waals surface area contributed by atoms with Crippen LogP contribution in [0.1, 0.15) is 13.8 Å². The van der Waals surface area contributed by atoms with E-state index in [1.54, 1.807) is 11.1 Å². The van der Waals surface area contributed by atoms with E-state index in [4.69, 9.17) is 4.74 Å². The van der Waals surface area contributed by atoms with Crippen LogP contribution in [-0.4, -0.2) is 22.8 Å². The van der Waals surface area contributed by atoms with Crippen LogP contribution in [0.15, 0.2) is 36.0 Å². The maximum Gasteiger partial charge on any atom is 0.309 e. The largest absolute Gasteiger partial charge is 0.408 e. The first-order valence-corrected chi connectivity index (χ1v) is 4.93. The third kappa shape index (κ3) is 1.71. The summed E-state index contributed by atoms with van der Waals surface area (Å²) in [6, 6.07) is 0.